The summed E-state index contributed by atoms with van der Waals surface area (Å²) < 4.78 is 5.14. The van der Waals surface area contributed by atoms with Gasteiger partial charge < -0.3 is 4.74 Å². The number of halogens is 1. The number of hydrogen-bond acceptors (Lipinski definition) is 6. The van der Waals surface area contributed by atoms with E-state index in [0.717, 1.165) is 4.90 Å². The van der Waals surface area contributed by atoms with Crippen LogP contribution in [0.4, 0.5) is 16.2 Å². The van der Waals surface area contributed by atoms with E-state index in [2.05, 4.69) is 10.4 Å². The van der Waals surface area contributed by atoms with Crippen LogP contribution < -0.4 is 20.0 Å². The minimum absolute atomic E-state index is 0. The second-order valence-electron chi connectivity index (χ2n) is 6.89. The van der Waals surface area contributed by atoms with Crippen molar-refractivity contribution in [1.82, 2.24) is 5.32 Å². The first-order valence-corrected chi connectivity index (χ1v) is 9.40. The van der Waals surface area contributed by atoms with Gasteiger partial charge in [-0.1, -0.05) is 24.3 Å². The average Bonchev–Trinajstić information content (AvgIpc) is 3.05. The number of nitrogens with zero attached hydrogens (tertiary/aromatic N) is 3. The molecule has 2 aromatic carbocycles. The Labute approximate surface area is 189 Å². The van der Waals surface area contributed by atoms with Crippen molar-refractivity contribution < 1.29 is 23.9 Å². The van der Waals surface area contributed by atoms with Crippen LogP contribution in [0.1, 0.15) is 6.92 Å². The number of carbonyl (C=O) groups is 4. The smallest absolute Gasteiger partial charge is 0.335 e. The monoisotopic (exact) mass is 454 g/mol. The highest BCUT2D eigenvalue weighted by atomic mass is 35.5. The molecule has 0 bridgehead atoms. The van der Waals surface area contributed by atoms with Crippen molar-refractivity contribution in [2.45, 2.75) is 6.92 Å². The zero-order valence-electron chi connectivity index (χ0n) is 17.1. The molecule has 32 heavy (non-hydrogen) atoms. The Balaban J connectivity index is 0.00000289. The minimum atomic E-state index is -0.912. The molecule has 164 valence electrons. The van der Waals surface area contributed by atoms with E-state index in [0.29, 0.717) is 17.1 Å². The Morgan fingerprint density at radius 1 is 1.00 bits per heavy atom. The van der Waals surface area contributed by atoms with Gasteiger partial charge in [-0.25, -0.2) is 9.69 Å². The highest BCUT2D eigenvalue weighted by Crippen LogP contribution is 2.28. The average molecular weight is 455 g/mol. The fraction of sp³-hybridized carbons (Fsp3) is 0.136. The molecular weight excluding hydrogens is 436 g/mol. The Morgan fingerprint density at radius 3 is 2.38 bits per heavy atom. The van der Waals surface area contributed by atoms with E-state index >= 15 is 0 Å². The van der Waals surface area contributed by atoms with Crippen LogP contribution >= 0.6 is 12.4 Å². The van der Waals surface area contributed by atoms with E-state index in [-0.39, 0.29) is 23.7 Å². The predicted molar refractivity (Wildman–Crippen MR) is 120 cm³/mol. The molecule has 1 atom stereocenters. The summed E-state index contributed by atoms with van der Waals surface area (Å²) in [7, 11) is 1.46. The number of amides is 5. The van der Waals surface area contributed by atoms with E-state index in [9.17, 15) is 19.2 Å². The number of hydrogen-bond donors (Lipinski definition) is 1. The lowest BCUT2D eigenvalue weighted by molar-refractivity contribution is -0.122. The van der Waals surface area contributed by atoms with Gasteiger partial charge in [0.2, 0.25) is 0 Å². The molecule has 2 aliphatic heterocycles. The first-order chi connectivity index (χ1) is 14.9. The molecule has 0 aromatic heterocycles. The zero-order chi connectivity index (χ0) is 22.1. The lowest BCUT2D eigenvalue weighted by Crippen LogP contribution is -2.54. The summed E-state index contributed by atoms with van der Waals surface area (Å²) in [5, 5.41) is 7.64. The highest BCUT2D eigenvalue weighted by Gasteiger charge is 2.40. The molecule has 2 aliphatic rings. The number of rotatable bonds is 4. The van der Waals surface area contributed by atoms with Crippen LogP contribution in [0, 0.1) is 5.92 Å². The van der Waals surface area contributed by atoms with Gasteiger partial charge in [0, 0.05) is 6.07 Å². The molecule has 5 amide bonds. The first kappa shape index (κ1) is 22.7. The number of anilines is 2. The lowest BCUT2D eigenvalue weighted by Gasteiger charge is -2.27. The first-order valence-electron chi connectivity index (χ1n) is 9.40. The van der Waals surface area contributed by atoms with Crippen molar-refractivity contribution in [3.05, 3.63) is 66.2 Å². The third kappa shape index (κ3) is 3.97. The molecule has 9 nitrogen and oxygen atoms in total. The number of para-hydroxylation sites is 1. The molecule has 0 spiro atoms. The second kappa shape index (κ2) is 9.03. The number of barbiturate groups is 1. The van der Waals surface area contributed by atoms with Gasteiger partial charge in [0.25, 0.3) is 17.7 Å². The van der Waals surface area contributed by atoms with Crippen LogP contribution in [0.15, 0.2) is 71.3 Å². The fourth-order valence-electron chi connectivity index (χ4n) is 3.35. The lowest BCUT2D eigenvalue weighted by atomic mass is 9.98. The fourth-order valence-corrected chi connectivity index (χ4v) is 3.35. The molecule has 1 N–H and O–H groups in total. The quantitative estimate of drug-likeness (QED) is 0.564. The third-order valence-electron chi connectivity index (χ3n) is 4.93. The SMILES string of the molecule is COc1cccc(N2C(=O)NC(=O)C(=CC3C(=O)N(c4ccccc4)N=C3C)C2=O)c1.Cl. The van der Waals surface area contributed by atoms with Gasteiger partial charge in [-0.05, 0) is 37.3 Å². The number of hydrazone groups is 1. The van der Waals surface area contributed by atoms with Gasteiger partial charge in [-0.3, -0.25) is 19.7 Å². The summed E-state index contributed by atoms with van der Waals surface area (Å²) in [4.78, 5) is 51.6. The zero-order valence-corrected chi connectivity index (χ0v) is 18.0. The van der Waals surface area contributed by atoms with Gasteiger partial charge in [0.1, 0.15) is 11.3 Å². The number of carbonyl (C=O) groups excluding carboxylic acids is 4. The summed E-state index contributed by atoms with van der Waals surface area (Å²) in [5.41, 5.74) is 0.909. The summed E-state index contributed by atoms with van der Waals surface area (Å²) in [6, 6.07) is 14.2. The Bertz CT molecular complexity index is 1160. The van der Waals surface area contributed by atoms with Crippen LogP contribution in [0.25, 0.3) is 0 Å². The maximum atomic E-state index is 13.1. The summed E-state index contributed by atoms with van der Waals surface area (Å²) >= 11 is 0. The number of urea groups is 1. The maximum absolute atomic E-state index is 13.1. The molecule has 0 saturated carbocycles. The standard InChI is InChI=1S/C22H18N4O5.ClH/c1-13-17(21(29)26(24-13)14-7-4-3-5-8-14)12-18-19(27)23-22(30)25(20(18)28)15-9-6-10-16(11-15)31-2;/h3-12,17H,1-2H3,(H,23,27,30);1H. The Hall–Kier alpha value is -3.98. The minimum Gasteiger partial charge on any atom is -0.497 e. The van der Waals surface area contributed by atoms with Crippen LogP contribution in [0.2, 0.25) is 0 Å². The Morgan fingerprint density at radius 2 is 1.69 bits per heavy atom. The number of methoxy groups -OCH3 is 1. The second-order valence-corrected chi connectivity index (χ2v) is 6.89. The number of nitrogens with one attached hydrogen (secondary N) is 1. The molecule has 2 aromatic rings. The van der Waals surface area contributed by atoms with Crippen LogP contribution in [-0.2, 0) is 14.4 Å². The van der Waals surface area contributed by atoms with Crippen molar-refractivity contribution in [2.75, 3.05) is 17.0 Å². The van der Waals surface area contributed by atoms with Crippen molar-refractivity contribution in [3.8, 4) is 5.75 Å². The van der Waals surface area contributed by atoms with Crippen molar-refractivity contribution in [1.29, 1.82) is 0 Å². The van der Waals surface area contributed by atoms with Crippen molar-refractivity contribution in [3.63, 3.8) is 0 Å². The van der Waals surface area contributed by atoms with E-state index in [1.54, 1.807) is 43.3 Å². The normalized spacial score (nSPS) is 19.6. The van der Waals surface area contributed by atoms with Gasteiger partial charge >= 0.3 is 6.03 Å². The molecule has 2 heterocycles. The van der Waals surface area contributed by atoms with Gasteiger partial charge in [0.15, 0.2) is 0 Å². The van der Waals surface area contributed by atoms with Crippen LogP contribution in [-0.4, -0.2) is 36.6 Å². The van der Waals surface area contributed by atoms with Gasteiger partial charge in [-0.2, -0.15) is 10.1 Å². The maximum Gasteiger partial charge on any atom is 0.335 e. The van der Waals surface area contributed by atoms with E-state index < -0.39 is 29.7 Å². The molecule has 1 fully saturated rings. The van der Waals surface area contributed by atoms with Crippen LogP contribution in [0.3, 0.4) is 0 Å². The predicted octanol–water partition coefficient (Wildman–Crippen LogP) is 2.67. The summed E-state index contributed by atoms with van der Waals surface area (Å²) in [5.74, 6) is -2.58. The molecule has 0 aliphatic carbocycles. The van der Waals surface area contributed by atoms with E-state index in [1.807, 2.05) is 6.07 Å². The molecule has 1 unspecified atom stereocenters. The number of ether oxygens (including phenoxy) is 1. The highest BCUT2D eigenvalue weighted by molar-refractivity contribution is 6.38. The number of benzene rings is 2. The van der Waals surface area contributed by atoms with Crippen molar-refractivity contribution in [2.24, 2.45) is 11.0 Å². The topological polar surface area (TPSA) is 108 Å². The molecule has 1 saturated heterocycles. The molecule has 4 rings (SSSR count). The Kier molecular flexibility index (Phi) is 6.40. The van der Waals surface area contributed by atoms with E-state index in [1.165, 1.54) is 30.3 Å². The summed E-state index contributed by atoms with van der Waals surface area (Å²) in [6.45, 7) is 1.64. The molecule has 10 heteroatoms. The van der Waals surface area contributed by atoms with Gasteiger partial charge in [-0.15, -0.1) is 12.4 Å². The van der Waals surface area contributed by atoms with Crippen LogP contribution in [0.5, 0.6) is 5.75 Å². The number of imide groups is 2. The largest absolute Gasteiger partial charge is 0.497 e. The summed E-state index contributed by atoms with van der Waals surface area (Å²) in [6.07, 6.45) is 1.25. The van der Waals surface area contributed by atoms with Crippen molar-refractivity contribution >= 4 is 53.2 Å². The van der Waals surface area contributed by atoms with E-state index in [4.69, 9.17) is 4.74 Å². The molecular formula is C22H19ClN4O5. The van der Waals surface area contributed by atoms with Gasteiger partial charge in [0.05, 0.1) is 30.1 Å². The molecule has 0 radical (unpaired) electrons. The third-order valence-corrected chi connectivity index (χ3v) is 4.93.